The van der Waals surface area contributed by atoms with Gasteiger partial charge in [0.05, 0.1) is 12.0 Å². The van der Waals surface area contributed by atoms with Crippen LogP contribution in [0.4, 0.5) is 5.82 Å². The standard InChI is InChI=1S/C22H27N5O2/c1-25-20(28)11-10-18(21(25)17-7-3-2-4-8-17)22(29)27-14-6-13-26(15-16-27)19-9-5-12-23-24-19/h2-5,7-9,12,18,21H,6,10-11,13-16H2,1H3/t18-,21+/m0/s1. The van der Waals surface area contributed by atoms with Crippen LogP contribution in [0.25, 0.3) is 0 Å². The van der Waals surface area contributed by atoms with Gasteiger partial charge in [0.25, 0.3) is 0 Å². The van der Waals surface area contributed by atoms with Gasteiger partial charge in [-0.25, -0.2) is 0 Å². The molecule has 2 aliphatic heterocycles. The number of aromatic nitrogens is 2. The third-order valence-corrected chi connectivity index (χ3v) is 6.01. The number of hydrogen-bond acceptors (Lipinski definition) is 5. The van der Waals surface area contributed by atoms with Gasteiger partial charge in [-0.3, -0.25) is 9.59 Å². The Labute approximate surface area is 171 Å². The Hall–Kier alpha value is -2.96. The summed E-state index contributed by atoms with van der Waals surface area (Å²) < 4.78 is 0. The molecular weight excluding hydrogens is 366 g/mol. The van der Waals surface area contributed by atoms with Crippen LogP contribution in [0.2, 0.25) is 0 Å². The van der Waals surface area contributed by atoms with Crippen LogP contribution in [0, 0.1) is 5.92 Å². The van der Waals surface area contributed by atoms with Crippen LogP contribution < -0.4 is 4.90 Å². The summed E-state index contributed by atoms with van der Waals surface area (Å²) in [6.07, 6.45) is 3.59. The lowest BCUT2D eigenvalue weighted by atomic mass is 9.83. The van der Waals surface area contributed by atoms with E-state index in [-0.39, 0.29) is 23.8 Å². The number of carbonyl (C=O) groups excluding carboxylic acids is 2. The lowest BCUT2D eigenvalue weighted by Crippen LogP contribution is -2.48. The monoisotopic (exact) mass is 393 g/mol. The van der Waals surface area contributed by atoms with Gasteiger partial charge in [-0.1, -0.05) is 30.3 Å². The van der Waals surface area contributed by atoms with Crippen molar-refractivity contribution in [2.45, 2.75) is 25.3 Å². The average molecular weight is 393 g/mol. The number of nitrogens with zero attached hydrogens (tertiary/aromatic N) is 5. The van der Waals surface area contributed by atoms with Gasteiger partial charge in [0, 0.05) is 45.8 Å². The van der Waals surface area contributed by atoms with E-state index in [0.29, 0.717) is 19.4 Å². The van der Waals surface area contributed by atoms with E-state index in [4.69, 9.17) is 0 Å². The number of carbonyl (C=O) groups is 2. The predicted octanol–water partition coefficient (Wildman–Crippen LogP) is 2.12. The Morgan fingerprint density at radius 2 is 1.86 bits per heavy atom. The molecule has 0 aliphatic carbocycles. The Morgan fingerprint density at radius 1 is 1.03 bits per heavy atom. The van der Waals surface area contributed by atoms with Gasteiger partial charge < -0.3 is 14.7 Å². The molecule has 0 unspecified atom stereocenters. The number of hydrogen-bond donors (Lipinski definition) is 0. The highest BCUT2D eigenvalue weighted by molar-refractivity contribution is 5.85. The topological polar surface area (TPSA) is 69.6 Å². The lowest BCUT2D eigenvalue weighted by molar-refractivity contribution is -0.146. The fourth-order valence-corrected chi connectivity index (χ4v) is 4.47. The van der Waals surface area contributed by atoms with Crippen molar-refractivity contribution < 1.29 is 9.59 Å². The molecule has 7 heteroatoms. The first-order valence-electron chi connectivity index (χ1n) is 10.3. The first kappa shape index (κ1) is 19.4. The first-order chi connectivity index (χ1) is 14.1. The van der Waals surface area contributed by atoms with Crippen LogP contribution in [0.15, 0.2) is 48.7 Å². The SMILES string of the molecule is CN1C(=O)CC[C@H](C(=O)N2CCCN(c3cccnn3)CC2)[C@H]1c1ccccc1. The normalized spacial score (nSPS) is 23.1. The van der Waals surface area contributed by atoms with Crippen LogP contribution >= 0.6 is 0 Å². The highest BCUT2D eigenvalue weighted by atomic mass is 16.2. The summed E-state index contributed by atoms with van der Waals surface area (Å²) in [5.41, 5.74) is 1.03. The molecule has 0 bridgehead atoms. The summed E-state index contributed by atoms with van der Waals surface area (Å²) in [6, 6.07) is 13.6. The lowest BCUT2D eigenvalue weighted by Gasteiger charge is -2.40. The average Bonchev–Trinajstić information content (AvgIpc) is 3.02. The molecule has 0 radical (unpaired) electrons. The fourth-order valence-electron chi connectivity index (χ4n) is 4.47. The van der Waals surface area contributed by atoms with Gasteiger partial charge in [0.2, 0.25) is 11.8 Å². The summed E-state index contributed by atoms with van der Waals surface area (Å²) in [6.45, 7) is 2.98. The minimum Gasteiger partial charge on any atom is -0.353 e. The predicted molar refractivity (Wildman–Crippen MR) is 110 cm³/mol. The van der Waals surface area contributed by atoms with E-state index in [1.54, 1.807) is 11.1 Å². The van der Waals surface area contributed by atoms with Gasteiger partial charge in [-0.15, -0.1) is 5.10 Å². The molecule has 2 atom stereocenters. The maximum Gasteiger partial charge on any atom is 0.228 e. The smallest absolute Gasteiger partial charge is 0.228 e. The molecule has 1 aromatic heterocycles. The van der Waals surface area contributed by atoms with Gasteiger partial charge in [0.1, 0.15) is 0 Å². The molecule has 0 saturated carbocycles. The second-order valence-electron chi connectivity index (χ2n) is 7.75. The van der Waals surface area contributed by atoms with Crippen LogP contribution in [0.5, 0.6) is 0 Å². The van der Waals surface area contributed by atoms with Crippen molar-refractivity contribution in [2.24, 2.45) is 5.92 Å². The summed E-state index contributed by atoms with van der Waals surface area (Å²) in [7, 11) is 1.82. The molecule has 29 heavy (non-hydrogen) atoms. The van der Waals surface area contributed by atoms with Crippen molar-refractivity contribution in [1.29, 1.82) is 0 Å². The number of benzene rings is 1. The zero-order valence-corrected chi connectivity index (χ0v) is 16.8. The number of piperidine rings is 1. The van der Waals surface area contributed by atoms with Crippen molar-refractivity contribution in [3.8, 4) is 0 Å². The Bertz CT molecular complexity index is 845. The Kier molecular flexibility index (Phi) is 5.74. The second kappa shape index (κ2) is 8.59. The number of amides is 2. The maximum absolute atomic E-state index is 13.5. The molecule has 2 fully saturated rings. The zero-order valence-electron chi connectivity index (χ0n) is 16.8. The van der Waals surface area contributed by atoms with Crippen LogP contribution in [-0.4, -0.2) is 65.0 Å². The molecule has 0 spiro atoms. The first-order valence-corrected chi connectivity index (χ1v) is 10.3. The minimum absolute atomic E-state index is 0.104. The Morgan fingerprint density at radius 3 is 2.62 bits per heavy atom. The summed E-state index contributed by atoms with van der Waals surface area (Å²) in [4.78, 5) is 31.8. The molecule has 152 valence electrons. The van der Waals surface area contributed by atoms with Crippen molar-refractivity contribution in [3.05, 3.63) is 54.2 Å². The van der Waals surface area contributed by atoms with Gasteiger partial charge >= 0.3 is 0 Å². The van der Waals surface area contributed by atoms with Crippen molar-refractivity contribution in [3.63, 3.8) is 0 Å². The van der Waals surface area contributed by atoms with E-state index in [1.165, 1.54) is 0 Å². The van der Waals surface area contributed by atoms with Crippen molar-refractivity contribution >= 4 is 17.6 Å². The highest BCUT2D eigenvalue weighted by Crippen LogP contribution is 2.37. The highest BCUT2D eigenvalue weighted by Gasteiger charge is 2.40. The van der Waals surface area contributed by atoms with Crippen LogP contribution in [0.1, 0.15) is 30.9 Å². The molecule has 2 aromatic rings. The van der Waals surface area contributed by atoms with Crippen LogP contribution in [0.3, 0.4) is 0 Å². The molecule has 2 amide bonds. The maximum atomic E-state index is 13.5. The third kappa shape index (κ3) is 4.09. The number of likely N-dealkylation sites (tertiary alicyclic amines) is 1. The largest absolute Gasteiger partial charge is 0.353 e. The second-order valence-corrected chi connectivity index (χ2v) is 7.75. The van der Waals surface area contributed by atoms with Gasteiger partial charge in [-0.2, -0.15) is 5.10 Å². The van der Waals surface area contributed by atoms with Crippen molar-refractivity contribution in [2.75, 3.05) is 38.1 Å². The molecular formula is C22H27N5O2. The zero-order chi connectivity index (χ0) is 20.2. The summed E-state index contributed by atoms with van der Waals surface area (Å²) >= 11 is 0. The van der Waals surface area contributed by atoms with Crippen molar-refractivity contribution in [1.82, 2.24) is 20.0 Å². The quantitative estimate of drug-likeness (QED) is 0.799. The molecule has 2 saturated heterocycles. The van der Waals surface area contributed by atoms with E-state index in [1.807, 2.05) is 54.4 Å². The number of rotatable bonds is 3. The van der Waals surface area contributed by atoms with Gasteiger partial charge in [-0.05, 0) is 30.5 Å². The number of anilines is 1. The third-order valence-electron chi connectivity index (χ3n) is 6.01. The summed E-state index contributed by atoms with van der Waals surface area (Å²) in [5.74, 6) is 0.905. The fraction of sp³-hybridized carbons (Fsp3) is 0.455. The molecule has 1 aromatic carbocycles. The van der Waals surface area contributed by atoms with E-state index in [0.717, 1.165) is 37.4 Å². The van der Waals surface area contributed by atoms with Crippen LogP contribution in [-0.2, 0) is 9.59 Å². The minimum atomic E-state index is -0.205. The summed E-state index contributed by atoms with van der Waals surface area (Å²) in [5, 5.41) is 8.17. The molecule has 4 rings (SSSR count). The van der Waals surface area contributed by atoms with E-state index in [2.05, 4.69) is 15.1 Å². The van der Waals surface area contributed by atoms with E-state index >= 15 is 0 Å². The molecule has 2 aliphatic rings. The molecule has 7 nitrogen and oxygen atoms in total. The Balaban J connectivity index is 1.51. The van der Waals surface area contributed by atoms with Gasteiger partial charge in [0.15, 0.2) is 5.82 Å². The molecule has 0 N–H and O–H groups in total. The van der Waals surface area contributed by atoms with E-state index in [9.17, 15) is 9.59 Å². The molecule has 3 heterocycles. The van der Waals surface area contributed by atoms with E-state index < -0.39 is 0 Å².